The molecule has 0 saturated heterocycles. The number of aliphatic hydroxyl groups is 1. The van der Waals surface area contributed by atoms with Gasteiger partial charge >= 0.3 is 0 Å². The first-order valence-corrected chi connectivity index (χ1v) is 6.96. The topological polar surface area (TPSA) is 47.9 Å². The lowest BCUT2D eigenvalue weighted by molar-refractivity contribution is -0.00961. The van der Waals surface area contributed by atoms with Crippen molar-refractivity contribution < 1.29 is 19.3 Å². The summed E-state index contributed by atoms with van der Waals surface area (Å²) in [6.07, 6.45) is -0.584. The van der Waals surface area contributed by atoms with Crippen molar-refractivity contribution in [1.82, 2.24) is 0 Å². The van der Waals surface area contributed by atoms with Crippen LogP contribution in [-0.2, 0) is 6.42 Å². The van der Waals surface area contributed by atoms with Crippen LogP contribution in [0.4, 0.5) is 0 Å². The molecule has 4 heteroatoms. The predicted octanol–water partition coefficient (Wildman–Crippen LogP) is 2.44. The molecule has 0 fully saturated rings. The first kappa shape index (κ1) is 13.8. The predicted molar refractivity (Wildman–Crippen MR) is 79.1 cm³/mol. The van der Waals surface area contributed by atoms with Gasteiger partial charge in [0.1, 0.15) is 12.4 Å². The fourth-order valence-electron chi connectivity index (χ4n) is 2.45. The van der Waals surface area contributed by atoms with Gasteiger partial charge in [0.05, 0.1) is 13.2 Å². The maximum absolute atomic E-state index is 10.4. The summed E-state index contributed by atoms with van der Waals surface area (Å²) in [6.45, 7) is 0.341. The van der Waals surface area contributed by atoms with Crippen molar-refractivity contribution in [2.75, 3.05) is 13.7 Å². The highest BCUT2D eigenvalue weighted by Gasteiger charge is 2.28. The normalized spacial score (nSPS) is 18.1. The number of hydrogen-bond donors (Lipinski definition) is 1. The van der Waals surface area contributed by atoms with E-state index in [1.807, 2.05) is 48.5 Å². The minimum Gasteiger partial charge on any atom is -0.496 e. The van der Waals surface area contributed by atoms with Crippen LogP contribution < -0.4 is 14.2 Å². The van der Waals surface area contributed by atoms with Crippen LogP contribution in [0, 0.1) is 0 Å². The van der Waals surface area contributed by atoms with Gasteiger partial charge in [0.2, 0.25) is 0 Å². The molecular formula is C17H18O4. The van der Waals surface area contributed by atoms with Crippen molar-refractivity contribution in [2.24, 2.45) is 0 Å². The lowest BCUT2D eigenvalue weighted by atomic mass is 10.0. The smallest absolute Gasteiger partial charge is 0.161 e. The molecule has 0 aliphatic carbocycles. The highest BCUT2D eigenvalue weighted by molar-refractivity contribution is 5.41. The third-order valence-electron chi connectivity index (χ3n) is 3.58. The zero-order valence-electron chi connectivity index (χ0n) is 11.9. The maximum Gasteiger partial charge on any atom is 0.161 e. The molecule has 2 aromatic rings. The zero-order valence-corrected chi connectivity index (χ0v) is 11.9. The minimum absolute atomic E-state index is 0.341. The Morgan fingerprint density at radius 3 is 2.67 bits per heavy atom. The fraction of sp³-hybridized carbons (Fsp3) is 0.294. The van der Waals surface area contributed by atoms with Crippen LogP contribution in [0.2, 0.25) is 0 Å². The molecule has 0 radical (unpaired) electrons. The minimum atomic E-state index is -0.658. The van der Waals surface area contributed by atoms with Gasteiger partial charge in [-0.2, -0.15) is 0 Å². The SMILES string of the molecule is COc1ccccc1CC(O)C1COc2ccccc2O1. The van der Waals surface area contributed by atoms with Gasteiger partial charge in [-0.25, -0.2) is 0 Å². The van der Waals surface area contributed by atoms with E-state index in [2.05, 4.69) is 0 Å². The van der Waals surface area contributed by atoms with Crippen molar-refractivity contribution in [1.29, 1.82) is 0 Å². The largest absolute Gasteiger partial charge is 0.496 e. The maximum atomic E-state index is 10.4. The van der Waals surface area contributed by atoms with Crippen molar-refractivity contribution >= 4 is 0 Å². The molecular weight excluding hydrogens is 268 g/mol. The summed E-state index contributed by atoms with van der Waals surface area (Å²) in [6, 6.07) is 15.2. The van der Waals surface area contributed by atoms with E-state index in [4.69, 9.17) is 14.2 Å². The molecule has 1 heterocycles. The van der Waals surface area contributed by atoms with E-state index in [1.54, 1.807) is 7.11 Å². The molecule has 0 aromatic heterocycles. The first-order chi connectivity index (χ1) is 10.3. The second-order valence-electron chi connectivity index (χ2n) is 5.00. The summed E-state index contributed by atoms with van der Waals surface area (Å²) in [7, 11) is 1.63. The van der Waals surface area contributed by atoms with Crippen LogP contribution in [0.25, 0.3) is 0 Å². The number of ether oxygens (including phenoxy) is 3. The molecule has 1 aliphatic rings. The molecule has 1 N–H and O–H groups in total. The third-order valence-corrected chi connectivity index (χ3v) is 3.58. The van der Waals surface area contributed by atoms with Gasteiger partial charge in [-0.05, 0) is 23.8 Å². The number of fused-ring (bicyclic) bond motifs is 1. The molecule has 2 unspecified atom stereocenters. The van der Waals surface area contributed by atoms with Gasteiger partial charge in [-0.3, -0.25) is 0 Å². The number of rotatable bonds is 4. The van der Waals surface area contributed by atoms with Crippen LogP contribution in [0.5, 0.6) is 17.2 Å². The monoisotopic (exact) mass is 286 g/mol. The lowest BCUT2D eigenvalue weighted by Gasteiger charge is -2.29. The average molecular weight is 286 g/mol. The molecule has 2 aromatic carbocycles. The molecule has 0 bridgehead atoms. The van der Waals surface area contributed by atoms with Crippen LogP contribution in [0.15, 0.2) is 48.5 Å². The van der Waals surface area contributed by atoms with Crippen molar-refractivity contribution in [3.05, 3.63) is 54.1 Å². The van der Waals surface area contributed by atoms with E-state index in [0.29, 0.717) is 18.8 Å². The van der Waals surface area contributed by atoms with Gasteiger partial charge in [-0.1, -0.05) is 30.3 Å². The molecule has 4 nitrogen and oxygen atoms in total. The summed E-state index contributed by atoms with van der Waals surface area (Å²) in [5.74, 6) is 2.17. The van der Waals surface area contributed by atoms with Crippen LogP contribution in [0.3, 0.4) is 0 Å². The zero-order chi connectivity index (χ0) is 14.7. The fourth-order valence-corrected chi connectivity index (χ4v) is 2.45. The number of hydrogen-bond acceptors (Lipinski definition) is 4. The lowest BCUT2D eigenvalue weighted by Crippen LogP contribution is -2.40. The Balaban J connectivity index is 1.71. The number of para-hydroxylation sites is 3. The van der Waals surface area contributed by atoms with Crippen LogP contribution >= 0.6 is 0 Å². The quantitative estimate of drug-likeness (QED) is 0.938. The summed E-state index contributed by atoms with van der Waals surface area (Å²) < 4.78 is 16.8. The van der Waals surface area contributed by atoms with E-state index >= 15 is 0 Å². The van der Waals surface area contributed by atoms with Gasteiger partial charge in [-0.15, -0.1) is 0 Å². The highest BCUT2D eigenvalue weighted by Crippen LogP contribution is 2.32. The van der Waals surface area contributed by atoms with Gasteiger partial charge in [0, 0.05) is 6.42 Å². The summed E-state index contributed by atoms with van der Waals surface area (Å²) in [5, 5.41) is 10.4. The first-order valence-electron chi connectivity index (χ1n) is 6.96. The Morgan fingerprint density at radius 2 is 1.86 bits per heavy atom. The van der Waals surface area contributed by atoms with E-state index < -0.39 is 6.10 Å². The Bertz CT molecular complexity index is 611. The Hall–Kier alpha value is -2.20. The van der Waals surface area contributed by atoms with Gasteiger partial charge < -0.3 is 19.3 Å². The standard InChI is InChI=1S/C17H18O4/c1-19-14-7-3-2-6-12(14)10-13(18)17-11-20-15-8-4-5-9-16(15)21-17/h2-9,13,17-18H,10-11H2,1H3. The van der Waals surface area contributed by atoms with Crippen molar-refractivity contribution in [2.45, 2.75) is 18.6 Å². The number of aliphatic hydroxyl groups excluding tert-OH is 1. The van der Waals surface area contributed by atoms with Gasteiger partial charge in [0.25, 0.3) is 0 Å². The number of benzene rings is 2. The summed E-state index contributed by atoms with van der Waals surface area (Å²) >= 11 is 0. The van der Waals surface area contributed by atoms with E-state index in [0.717, 1.165) is 17.1 Å². The van der Waals surface area contributed by atoms with E-state index in [1.165, 1.54) is 0 Å². The molecule has 0 saturated carbocycles. The second kappa shape index (κ2) is 6.06. The third kappa shape index (κ3) is 2.95. The Labute approximate surface area is 123 Å². The highest BCUT2D eigenvalue weighted by atomic mass is 16.6. The Kier molecular flexibility index (Phi) is 3.97. The summed E-state index contributed by atoms with van der Waals surface area (Å²) in [4.78, 5) is 0. The summed E-state index contributed by atoms with van der Waals surface area (Å²) in [5.41, 5.74) is 0.954. The molecule has 110 valence electrons. The molecule has 21 heavy (non-hydrogen) atoms. The van der Waals surface area contributed by atoms with E-state index in [9.17, 15) is 5.11 Å². The van der Waals surface area contributed by atoms with E-state index in [-0.39, 0.29) is 6.10 Å². The molecule has 0 amide bonds. The van der Waals surface area contributed by atoms with Crippen molar-refractivity contribution in [3.63, 3.8) is 0 Å². The van der Waals surface area contributed by atoms with Crippen LogP contribution in [-0.4, -0.2) is 31.0 Å². The molecule has 0 spiro atoms. The molecule has 3 rings (SSSR count). The molecule has 2 atom stereocenters. The average Bonchev–Trinajstić information content (AvgIpc) is 2.55. The molecule has 1 aliphatic heterocycles. The van der Waals surface area contributed by atoms with Crippen molar-refractivity contribution in [3.8, 4) is 17.2 Å². The number of methoxy groups -OCH3 is 1. The van der Waals surface area contributed by atoms with Gasteiger partial charge in [0.15, 0.2) is 17.6 Å². The Morgan fingerprint density at radius 1 is 1.14 bits per heavy atom. The second-order valence-corrected chi connectivity index (χ2v) is 5.00. The van der Waals surface area contributed by atoms with Crippen LogP contribution in [0.1, 0.15) is 5.56 Å².